The van der Waals surface area contributed by atoms with Crippen LogP contribution in [0.5, 0.6) is 0 Å². The second-order valence-corrected chi connectivity index (χ2v) is 4.90. The number of rotatable bonds is 4. The van der Waals surface area contributed by atoms with Gasteiger partial charge in [0, 0.05) is 17.7 Å². The van der Waals surface area contributed by atoms with E-state index in [1.54, 1.807) is 25.1 Å². The zero-order valence-corrected chi connectivity index (χ0v) is 11.4. The van der Waals surface area contributed by atoms with E-state index >= 15 is 0 Å². The van der Waals surface area contributed by atoms with Gasteiger partial charge >= 0.3 is 5.97 Å². The summed E-state index contributed by atoms with van der Waals surface area (Å²) in [6.07, 6.45) is -0.214. The summed E-state index contributed by atoms with van der Waals surface area (Å²) in [5, 5.41) is 8.78. The maximum absolute atomic E-state index is 13.9. The molecular weight excluding hydrogens is 276 g/mol. The van der Waals surface area contributed by atoms with Gasteiger partial charge in [0.2, 0.25) is 0 Å². The third-order valence-electron chi connectivity index (χ3n) is 3.31. The average molecular weight is 291 g/mol. The van der Waals surface area contributed by atoms with E-state index in [0.717, 1.165) is 11.6 Å². The van der Waals surface area contributed by atoms with Crippen LogP contribution in [-0.2, 0) is 4.79 Å². The van der Waals surface area contributed by atoms with E-state index in [-0.39, 0.29) is 12.0 Å². The Bertz CT molecular complexity index is 686. The highest BCUT2D eigenvalue weighted by Gasteiger charge is 2.14. The molecule has 0 saturated carbocycles. The fourth-order valence-electron chi connectivity index (χ4n) is 2.17. The maximum atomic E-state index is 13.9. The number of halogens is 2. The molecule has 0 aromatic heterocycles. The van der Waals surface area contributed by atoms with Crippen molar-refractivity contribution >= 4 is 5.97 Å². The van der Waals surface area contributed by atoms with Crippen LogP contribution >= 0.6 is 0 Å². The van der Waals surface area contributed by atoms with Crippen LogP contribution in [0.4, 0.5) is 8.78 Å². The topological polar surface area (TPSA) is 63.3 Å². The van der Waals surface area contributed by atoms with E-state index in [1.165, 1.54) is 12.1 Å². The van der Waals surface area contributed by atoms with Gasteiger partial charge < -0.3 is 10.8 Å². The van der Waals surface area contributed by atoms with Crippen LogP contribution in [0, 0.1) is 18.6 Å². The molecule has 2 rings (SSSR count). The Morgan fingerprint density at radius 3 is 2.52 bits per heavy atom. The predicted molar refractivity (Wildman–Crippen MR) is 75.7 cm³/mol. The van der Waals surface area contributed by atoms with Crippen LogP contribution in [0.1, 0.15) is 23.6 Å². The van der Waals surface area contributed by atoms with Crippen molar-refractivity contribution in [1.29, 1.82) is 0 Å². The van der Waals surface area contributed by atoms with Gasteiger partial charge in [-0.1, -0.05) is 12.1 Å². The summed E-state index contributed by atoms with van der Waals surface area (Å²) in [6.45, 7) is 1.80. The molecule has 0 amide bonds. The van der Waals surface area contributed by atoms with Crippen molar-refractivity contribution in [3.8, 4) is 11.1 Å². The molecular formula is C16H15F2NO2. The van der Waals surface area contributed by atoms with E-state index in [2.05, 4.69) is 0 Å². The molecule has 0 bridgehead atoms. The van der Waals surface area contributed by atoms with Gasteiger partial charge in [0.25, 0.3) is 0 Å². The molecule has 110 valence electrons. The number of carboxylic acid groups (broad SMARTS) is 1. The Morgan fingerprint density at radius 1 is 1.19 bits per heavy atom. The number of aryl methyl sites for hydroxylation is 1. The van der Waals surface area contributed by atoms with Crippen LogP contribution in [0.25, 0.3) is 11.1 Å². The number of hydrogen-bond donors (Lipinski definition) is 2. The summed E-state index contributed by atoms with van der Waals surface area (Å²) < 4.78 is 26.9. The molecule has 0 aliphatic carbocycles. The number of benzene rings is 2. The molecule has 21 heavy (non-hydrogen) atoms. The van der Waals surface area contributed by atoms with Crippen LogP contribution in [-0.4, -0.2) is 11.1 Å². The zero-order valence-electron chi connectivity index (χ0n) is 11.4. The van der Waals surface area contributed by atoms with Crippen molar-refractivity contribution in [2.75, 3.05) is 0 Å². The van der Waals surface area contributed by atoms with E-state index in [1.807, 2.05) is 0 Å². The second-order valence-electron chi connectivity index (χ2n) is 4.90. The molecule has 0 fully saturated rings. The summed E-state index contributed by atoms with van der Waals surface area (Å²) in [5.74, 6) is -2.31. The van der Waals surface area contributed by atoms with Crippen LogP contribution in [0.3, 0.4) is 0 Å². The van der Waals surface area contributed by atoms with Crippen molar-refractivity contribution in [3.05, 3.63) is 59.2 Å². The summed E-state index contributed by atoms with van der Waals surface area (Å²) in [5.41, 5.74) is 8.05. The first-order valence-corrected chi connectivity index (χ1v) is 6.42. The molecule has 5 heteroatoms. The van der Waals surface area contributed by atoms with Crippen molar-refractivity contribution in [2.45, 2.75) is 19.4 Å². The molecule has 3 nitrogen and oxygen atoms in total. The van der Waals surface area contributed by atoms with Crippen molar-refractivity contribution < 1.29 is 18.7 Å². The summed E-state index contributed by atoms with van der Waals surface area (Å²) >= 11 is 0. The van der Waals surface area contributed by atoms with Crippen LogP contribution in [0.15, 0.2) is 36.4 Å². The fourth-order valence-corrected chi connectivity index (χ4v) is 2.17. The molecule has 0 aliphatic heterocycles. The second kappa shape index (κ2) is 6.01. The Hall–Kier alpha value is -2.27. The van der Waals surface area contributed by atoms with Crippen molar-refractivity contribution in [3.63, 3.8) is 0 Å². The minimum Gasteiger partial charge on any atom is -0.481 e. The molecule has 2 aromatic rings. The normalized spacial score (nSPS) is 12.2. The Labute approximate surface area is 121 Å². The first-order valence-electron chi connectivity index (χ1n) is 6.42. The zero-order chi connectivity index (χ0) is 15.6. The highest BCUT2D eigenvalue weighted by molar-refractivity contribution is 5.70. The molecule has 0 aliphatic rings. The molecule has 2 aromatic carbocycles. The van der Waals surface area contributed by atoms with Crippen LogP contribution < -0.4 is 5.73 Å². The number of carboxylic acids is 1. The summed E-state index contributed by atoms with van der Waals surface area (Å²) in [6, 6.07) is 7.80. The third-order valence-corrected chi connectivity index (χ3v) is 3.31. The molecule has 0 heterocycles. The monoisotopic (exact) mass is 291 g/mol. The lowest BCUT2D eigenvalue weighted by molar-refractivity contribution is -0.137. The Morgan fingerprint density at radius 2 is 1.90 bits per heavy atom. The smallest absolute Gasteiger partial charge is 0.305 e. The molecule has 1 atom stereocenters. The van der Waals surface area contributed by atoms with Gasteiger partial charge in [-0.2, -0.15) is 0 Å². The van der Waals surface area contributed by atoms with E-state index in [0.29, 0.717) is 11.1 Å². The van der Waals surface area contributed by atoms with E-state index in [9.17, 15) is 13.6 Å². The predicted octanol–water partition coefficient (Wildman–Crippen LogP) is 3.41. The number of hydrogen-bond acceptors (Lipinski definition) is 2. The Balaban J connectivity index is 2.46. The molecule has 0 unspecified atom stereocenters. The van der Waals surface area contributed by atoms with Gasteiger partial charge in [0.1, 0.15) is 11.6 Å². The van der Waals surface area contributed by atoms with Crippen LogP contribution in [0.2, 0.25) is 0 Å². The highest BCUT2D eigenvalue weighted by Crippen LogP contribution is 2.29. The van der Waals surface area contributed by atoms with Crippen molar-refractivity contribution in [1.82, 2.24) is 0 Å². The fraction of sp³-hybridized carbons (Fsp3) is 0.188. The third kappa shape index (κ3) is 3.44. The van der Waals surface area contributed by atoms with Gasteiger partial charge in [-0.15, -0.1) is 0 Å². The van der Waals surface area contributed by atoms with Crippen molar-refractivity contribution in [2.24, 2.45) is 5.73 Å². The lowest BCUT2D eigenvalue weighted by atomic mass is 9.94. The van der Waals surface area contributed by atoms with E-state index in [4.69, 9.17) is 10.8 Å². The lowest BCUT2D eigenvalue weighted by Crippen LogP contribution is -2.15. The summed E-state index contributed by atoms with van der Waals surface area (Å²) in [7, 11) is 0. The summed E-state index contributed by atoms with van der Waals surface area (Å²) in [4.78, 5) is 10.7. The Kier molecular flexibility index (Phi) is 4.33. The first-order chi connectivity index (χ1) is 9.88. The number of nitrogens with two attached hydrogens (primary N) is 1. The van der Waals surface area contributed by atoms with Gasteiger partial charge in [-0.25, -0.2) is 8.78 Å². The van der Waals surface area contributed by atoms with Gasteiger partial charge in [-0.3, -0.25) is 4.79 Å². The van der Waals surface area contributed by atoms with Gasteiger partial charge in [0.15, 0.2) is 0 Å². The largest absolute Gasteiger partial charge is 0.481 e. The first kappa shape index (κ1) is 15.1. The van der Waals surface area contributed by atoms with Gasteiger partial charge in [0.05, 0.1) is 6.42 Å². The minimum atomic E-state index is -1.00. The average Bonchev–Trinajstić information content (AvgIpc) is 2.39. The molecule has 0 radical (unpaired) electrons. The quantitative estimate of drug-likeness (QED) is 0.907. The molecule has 3 N–H and O–H groups in total. The number of aliphatic carboxylic acids is 1. The molecule has 0 saturated heterocycles. The number of carbonyl (C=O) groups is 1. The standard InChI is InChI=1S/C16H15F2NO2/c1-9-2-3-10(15(19)8-16(20)21)6-13(9)12-5-4-11(17)7-14(12)18/h2-7,15H,8,19H2,1H3,(H,20,21)/t15-/m0/s1. The van der Waals surface area contributed by atoms with E-state index < -0.39 is 23.6 Å². The molecule has 0 spiro atoms. The SMILES string of the molecule is Cc1ccc([C@@H](N)CC(=O)O)cc1-c1ccc(F)cc1F. The lowest BCUT2D eigenvalue weighted by Gasteiger charge is -2.14. The highest BCUT2D eigenvalue weighted by atomic mass is 19.1. The minimum absolute atomic E-state index is 0.214. The maximum Gasteiger partial charge on any atom is 0.305 e. The van der Waals surface area contributed by atoms with Gasteiger partial charge in [-0.05, 0) is 41.8 Å².